The van der Waals surface area contributed by atoms with Gasteiger partial charge in [0.2, 0.25) is 5.91 Å². The summed E-state index contributed by atoms with van der Waals surface area (Å²) < 4.78 is 11.8. The van der Waals surface area contributed by atoms with Crippen LogP contribution in [0.25, 0.3) is 0 Å². The van der Waals surface area contributed by atoms with Crippen LogP contribution in [-0.2, 0) is 11.2 Å². The molecule has 1 atom stereocenters. The molecule has 1 N–H and O–H groups in total. The normalized spacial score (nSPS) is 17.4. The maximum atomic E-state index is 13.2. The molecule has 0 saturated heterocycles. The third kappa shape index (κ3) is 3.41. The first-order chi connectivity index (χ1) is 15.4. The lowest BCUT2D eigenvalue weighted by Gasteiger charge is -2.28. The number of rotatable bonds is 4. The lowest BCUT2D eigenvalue weighted by Crippen LogP contribution is -2.42. The van der Waals surface area contributed by atoms with Gasteiger partial charge >= 0.3 is 5.97 Å². The van der Waals surface area contributed by atoms with E-state index in [0.29, 0.717) is 24.3 Å². The molecule has 1 aromatic heterocycles. The highest BCUT2D eigenvalue weighted by molar-refractivity contribution is 7.12. The van der Waals surface area contributed by atoms with Crippen molar-refractivity contribution in [2.24, 2.45) is 0 Å². The number of aromatic carboxylic acids is 1. The number of para-hydroxylation sites is 1. The molecule has 7 nitrogen and oxygen atoms in total. The van der Waals surface area contributed by atoms with Gasteiger partial charge < -0.3 is 14.6 Å². The number of anilines is 1. The molecule has 3 aromatic rings. The number of benzene rings is 2. The van der Waals surface area contributed by atoms with Crippen LogP contribution in [0.4, 0.5) is 5.69 Å². The van der Waals surface area contributed by atoms with Crippen LogP contribution >= 0.6 is 22.9 Å². The Bertz CT molecular complexity index is 1270. The monoisotopic (exact) mass is 469 g/mol. The number of hydrogen-bond donors (Lipinski definition) is 1. The van der Waals surface area contributed by atoms with Crippen LogP contribution in [-0.4, -0.2) is 29.5 Å². The van der Waals surface area contributed by atoms with E-state index in [4.69, 9.17) is 21.1 Å². The highest BCUT2D eigenvalue weighted by atomic mass is 35.5. The first-order valence-electron chi connectivity index (χ1n) is 9.83. The summed E-state index contributed by atoms with van der Waals surface area (Å²) in [6, 6.07) is 12.4. The Kier molecular flexibility index (Phi) is 5.11. The van der Waals surface area contributed by atoms with Crippen molar-refractivity contribution in [3.8, 4) is 11.5 Å². The van der Waals surface area contributed by atoms with Crippen molar-refractivity contribution in [1.29, 1.82) is 0 Å². The van der Waals surface area contributed by atoms with Crippen molar-refractivity contribution in [1.82, 2.24) is 0 Å². The topological polar surface area (TPSA) is 93.1 Å². The van der Waals surface area contributed by atoms with Crippen LogP contribution in [0, 0.1) is 0 Å². The number of carboxylic acid groups (broad SMARTS) is 1. The molecule has 0 bridgehead atoms. The number of ether oxygens (including phenoxy) is 2. The Morgan fingerprint density at radius 1 is 1.22 bits per heavy atom. The van der Waals surface area contributed by atoms with E-state index in [2.05, 4.69) is 0 Å². The van der Waals surface area contributed by atoms with E-state index in [0.717, 1.165) is 27.5 Å². The average molecular weight is 470 g/mol. The molecule has 0 saturated carbocycles. The van der Waals surface area contributed by atoms with Crippen LogP contribution < -0.4 is 14.4 Å². The molecule has 0 fully saturated rings. The van der Waals surface area contributed by atoms with Crippen LogP contribution in [0.3, 0.4) is 0 Å². The quantitative estimate of drug-likeness (QED) is 0.555. The molecule has 2 aliphatic rings. The number of halogens is 1. The van der Waals surface area contributed by atoms with Gasteiger partial charge in [-0.25, -0.2) is 9.69 Å². The molecule has 9 heteroatoms. The maximum absolute atomic E-state index is 13.2. The lowest BCUT2D eigenvalue weighted by molar-refractivity contribution is -0.117. The van der Waals surface area contributed by atoms with E-state index in [1.54, 1.807) is 12.1 Å². The van der Waals surface area contributed by atoms with Crippen LogP contribution in [0.2, 0.25) is 5.02 Å². The lowest BCUT2D eigenvalue weighted by atomic mass is 10.0. The predicted molar refractivity (Wildman–Crippen MR) is 118 cm³/mol. The summed E-state index contributed by atoms with van der Waals surface area (Å²) in [4.78, 5) is 38.4. The van der Waals surface area contributed by atoms with Crippen molar-refractivity contribution >= 4 is 46.4 Å². The SMILES string of the molecule is O=C(O)c1scc2c1C(=O)N(c1cc(OC3CCOc4ccccc43)ccc1Cl)C(=O)C2. The standard InChI is InChI=1S/C23H16ClNO6S/c24-15-6-5-13(31-18-7-8-30-17-4-2-1-3-14(17)18)10-16(15)25-19(26)9-12-11-32-21(23(28)29)20(12)22(25)27/h1-6,10-11,18H,7-9H2,(H,28,29). The fraction of sp³-hybridized carbons (Fsp3) is 0.174. The first-order valence-corrected chi connectivity index (χ1v) is 11.1. The smallest absolute Gasteiger partial charge is 0.346 e. The molecule has 0 aliphatic carbocycles. The largest absolute Gasteiger partial charge is 0.493 e. The zero-order valence-corrected chi connectivity index (χ0v) is 18.1. The Hall–Kier alpha value is -3.36. The second-order valence-electron chi connectivity index (χ2n) is 7.38. The van der Waals surface area contributed by atoms with Crippen LogP contribution in [0.15, 0.2) is 47.8 Å². The summed E-state index contributed by atoms with van der Waals surface area (Å²) in [5.41, 5.74) is 1.52. The van der Waals surface area contributed by atoms with Crippen molar-refractivity contribution < 1.29 is 29.0 Å². The van der Waals surface area contributed by atoms with Gasteiger partial charge in [-0.1, -0.05) is 29.8 Å². The van der Waals surface area contributed by atoms with Crippen molar-refractivity contribution in [3.05, 3.63) is 74.4 Å². The minimum absolute atomic E-state index is 0.0304. The fourth-order valence-electron chi connectivity index (χ4n) is 3.96. The molecule has 162 valence electrons. The summed E-state index contributed by atoms with van der Waals surface area (Å²) in [7, 11) is 0. The minimum Gasteiger partial charge on any atom is -0.493 e. The van der Waals surface area contributed by atoms with Crippen molar-refractivity contribution in [3.63, 3.8) is 0 Å². The van der Waals surface area contributed by atoms with E-state index >= 15 is 0 Å². The van der Waals surface area contributed by atoms with Gasteiger partial charge in [-0.05, 0) is 29.1 Å². The van der Waals surface area contributed by atoms with Gasteiger partial charge in [-0.3, -0.25) is 9.59 Å². The number of thiophene rings is 1. The zero-order valence-electron chi connectivity index (χ0n) is 16.5. The maximum Gasteiger partial charge on any atom is 0.346 e. The number of carbonyl (C=O) groups is 3. The molecule has 2 aromatic carbocycles. The number of carbonyl (C=O) groups excluding carboxylic acids is 2. The summed E-state index contributed by atoms with van der Waals surface area (Å²) in [6.07, 6.45) is 0.292. The van der Waals surface area contributed by atoms with Crippen molar-refractivity contribution in [2.45, 2.75) is 18.9 Å². The van der Waals surface area contributed by atoms with E-state index in [1.165, 1.54) is 11.4 Å². The number of amides is 2. The van der Waals surface area contributed by atoms with Gasteiger partial charge in [-0.15, -0.1) is 11.3 Å². The Balaban J connectivity index is 1.50. The first kappa shape index (κ1) is 20.5. The molecule has 1 unspecified atom stereocenters. The van der Waals surface area contributed by atoms with Gasteiger partial charge in [0.1, 0.15) is 22.5 Å². The van der Waals surface area contributed by atoms with Gasteiger partial charge in [0, 0.05) is 18.1 Å². The second-order valence-corrected chi connectivity index (χ2v) is 8.66. The van der Waals surface area contributed by atoms with E-state index < -0.39 is 17.8 Å². The number of hydrogen-bond acceptors (Lipinski definition) is 6. The number of carboxylic acids is 1. The molecular weight excluding hydrogens is 454 g/mol. The fourth-order valence-corrected chi connectivity index (χ4v) is 5.06. The molecule has 0 radical (unpaired) electrons. The van der Waals surface area contributed by atoms with Crippen LogP contribution in [0.5, 0.6) is 11.5 Å². The highest BCUT2D eigenvalue weighted by Gasteiger charge is 2.38. The van der Waals surface area contributed by atoms with Gasteiger partial charge in [-0.2, -0.15) is 0 Å². The summed E-state index contributed by atoms with van der Waals surface area (Å²) >= 11 is 7.28. The highest BCUT2D eigenvalue weighted by Crippen LogP contribution is 2.39. The number of fused-ring (bicyclic) bond motifs is 2. The molecular formula is C23H16ClNO6S. The van der Waals surface area contributed by atoms with E-state index in [1.807, 2.05) is 24.3 Å². The molecule has 2 aliphatic heterocycles. The Morgan fingerprint density at radius 3 is 2.84 bits per heavy atom. The van der Waals surface area contributed by atoms with Crippen molar-refractivity contribution in [2.75, 3.05) is 11.5 Å². The summed E-state index contributed by atoms with van der Waals surface area (Å²) in [5, 5.41) is 11.1. The van der Waals surface area contributed by atoms with E-state index in [9.17, 15) is 19.5 Å². The Morgan fingerprint density at radius 2 is 2.03 bits per heavy atom. The minimum atomic E-state index is -1.21. The van der Waals surface area contributed by atoms with Crippen LogP contribution in [0.1, 0.15) is 43.7 Å². The third-order valence-corrected chi connectivity index (χ3v) is 6.75. The predicted octanol–water partition coefficient (Wildman–Crippen LogP) is 4.73. The summed E-state index contributed by atoms with van der Waals surface area (Å²) in [6.45, 7) is 0.504. The Labute approximate surface area is 191 Å². The molecule has 0 spiro atoms. The average Bonchev–Trinajstić information content (AvgIpc) is 3.20. The summed E-state index contributed by atoms with van der Waals surface area (Å²) in [5.74, 6) is -1.20. The zero-order chi connectivity index (χ0) is 22.4. The van der Waals surface area contributed by atoms with E-state index in [-0.39, 0.29) is 33.7 Å². The van der Waals surface area contributed by atoms with Gasteiger partial charge in [0.05, 0.1) is 29.3 Å². The number of nitrogens with zero attached hydrogens (tertiary/aromatic N) is 1. The van der Waals surface area contributed by atoms with Gasteiger partial charge in [0.25, 0.3) is 5.91 Å². The molecule has 2 amide bonds. The third-order valence-electron chi connectivity index (χ3n) is 5.41. The number of imide groups is 1. The molecule has 32 heavy (non-hydrogen) atoms. The molecule has 3 heterocycles. The second kappa shape index (κ2) is 7.96. The van der Waals surface area contributed by atoms with Gasteiger partial charge in [0.15, 0.2) is 0 Å². The molecule has 5 rings (SSSR count).